The number of nitrogens with zero attached hydrogens (tertiary/aromatic N) is 1. The topological polar surface area (TPSA) is 51.2 Å². The van der Waals surface area contributed by atoms with Gasteiger partial charge in [0.1, 0.15) is 10.8 Å². The summed E-state index contributed by atoms with van der Waals surface area (Å²) in [6.07, 6.45) is 1.61. The van der Waals surface area contributed by atoms with Crippen LogP contribution in [0.25, 0.3) is 10.6 Å². The number of amides is 1. The lowest BCUT2D eigenvalue weighted by molar-refractivity contribution is 0.0950. The van der Waals surface area contributed by atoms with Gasteiger partial charge in [-0.15, -0.1) is 11.3 Å². The highest BCUT2D eigenvalue weighted by molar-refractivity contribution is 7.13. The first-order chi connectivity index (χ1) is 12.8. The molecule has 1 heterocycles. The van der Waals surface area contributed by atoms with E-state index >= 15 is 0 Å². The molecule has 0 radical (unpaired) electrons. The second-order valence-electron chi connectivity index (χ2n) is 5.86. The van der Waals surface area contributed by atoms with Crippen molar-refractivity contribution >= 4 is 17.2 Å². The lowest BCUT2D eigenvalue weighted by atomic mass is 10.2. The summed E-state index contributed by atoms with van der Waals surface area (Å²) in [5, 5.41) is 6.01. The van der Waals surface area contributed by atoms with Crippen molar-refractivity contribution in [2.45, 2.75) is 19.8 Å². The Labute approximate surface area is 157 Å². The predicted octanol–water partition coefficient (Wildman–Crippen LogP) is 4.57. The van der Waals surface area contributed by atoms with E-state index in [1.807, 2.05) is 48.7 Å². The SMILES string of the molecule is CCCOc1ccccc1C(=O)NCCc1csc(-c2ccccc2)n1. The average Bonchev–Trinajstić information content (AvgIpc) is 3.16. The minimum Gasteiger partial charge on any atom is -0.493 e. The van der Waals surface area contributed by atoms with E-state index in [-0.39, 0.29) is 5.91 Å². The van der Waals surface area contributed by atoms with E-state index in [1.165, 1.54) is 0 Å². The standard InChI is InChI=1S/C21H22N2O2S/c1-2-14-25-19-11-7-6-10-18(19)20(24)22-13-12-17-15-26-21(23-17)16-8-4-3-5-9-16/h3-11,15H,2,12-14H2,1H3,(H,22,24). The molecule has 0 saturated carbocycles. The van der Waals surface area contributed by atoms with Crippen LogP contribution < -0.4 is 10.1 Å². The number of hydrogen-bond donors (Lipinski definition) is 1. The summed E-state index contributed by atoms with van der Waals surface area (Å²) in [5.41, 5.74) is 2.68. The minimum absolute atomic E-state index is 0.116. The monoisotopic (exact) mass is 366 g/mol. The molecule has 1 amide bonds. The molecule has 0 atom stereocenters. The van der Waals surface area contributed by atoms with Crippen molar-refractivity contribution in [1.82, 2.24) is 10.3 Å². The zero-order valence-electron chi connectivity index (χ0n) is 14.8. The molecule has 0 saturated heterocycles. The van der Waals surface area contributed by atoms with Crippen molar-refractivity contribution in [2.75, 3.05) is 13.2 Å². The number of para-hydroxylation sites is 1. The van der Waals surface area contributed by atoms with Crippen LogP contribution in [0.15, 0.2) is 60.0 Å². The van der Waals surface area contributed by atoms with E-state index in [0.717, 1.165) is 22.7 Å². The maximum absolute atomic E-state index is 12.4. The molecular weight excluding hydrogens is 344 g/mol. The fourth-order valence-corrected chi connectivity index (χ4v) is 3.39. The molecule has 134 valence electrons. The van der Waals surface area contributed by atoms with E-state index < -0.39 is 0 Å². The fraction of sp³-hybridized carbons (Fsp3) is 0.238. The molecule has 3 aromatic rings. The first-order valence-electron chi connectivity index (χ1n) is 8.77. The molecule has 1 N–H and O–H groups in total. The van der Waals surface area contributed by atoms with Gasteiger partial charge in [0.05, 0.1) is 17.9 Å². The van der Waals surface area contributed by atoms with Crippen molar-refractivity contribution in [2.24, 2.45) is 0 Å². The Morgan fingerprint density at radius 1 is 1.12 bits per heavy atom. The third kappa shape index (κ3) is 4.70. The van der Waals surface area contributed by atoms with Crippen LogP contribution in [-0.2, 0) is 6.42 Å². The van der Waals surface area contributed by atoms with Crippen molar-refractivity contribution in [1.29, 1.82) is 0 Å². The predicted molar refractivity (Wildman–Crippen MR) is 106 cm³/mol. The second kappa shape index (κ2) is 9.15. The molecule has 2 aromatic carbocycles. The van der Waals surface area contributed by atoms with Crippen molar-refractivity contribution in [3.05, 3.63) is 71.2 Å². The maximum atomic E-state index is 12.4. The van der Waals surface area contributed by atoms with Crippen LogP contribution >= 0.6 is 11.3 Å². The van der Waals surface area contributed by atoms with Crippen molar-refractivity contribution in [3.63, 3.8) is 0 Å². The maximum Gasteiger partial charge on any atom is 0.255 e. The first-order valence-corrected chi connectivity index (χ1v) is 9.65. The third-order valence-electron chi connectivity index (χ3n) is 3.83. The van der Waals surface area contributed by atoms with Gasteiger partial charge in [-0.05, 0) is 18.6 Å². The first kappa shape index (κ1) is 18.1. The lowest BCUT2D eigenvalue weighted by Crippen LogP contribution is -2.26. The highest BCUT2D eigenvalue weighted by atomic mass is 32.1. The Morgan fingerprint density at radius 3 is 2.69 bits per heavy atom. The Hall–Kier alpha value is -2.66. The third-order valence-corrected chi connectivity index (χ3v) is 4.77. The zero-order valence-corrected chi connectivity index (χ0v) is 15.6. The molecule has 0 unspecified atom stereocenters. The largest absolute Gasteiger partial charge is 0.493 e. The van der Waals surface area contributed by atoms with Gasteiger partial charge >= 0.3 is 0 Å². The molecule has 0 spiro atoms. The van der Waals surface area contributed by atoms with Crippen molar-refractivity contribution in [3.8, 4) is 16.3 Å². The molecule has 0 aliphatic carbocycles. The Bertz CT molecular complexity index is 846. The van der Waals surface area contributed by atoms with Crippen molar-refractivity contribution < 1.29 is 9.53 Å². The van der Waals surface area contributed by atoms with Gasteiger partial charge in [-0.3, -0.25) is 4.79 Å². The quantitative estimate of drug-likeness (QED) is 0.635. The van der Waals surface area contributed by atoms with Crippen LogP contribution in [0.5, 0.6) is 5.75 Å². The summed E-state index contributed by atoms with van der Waals surface area (Å²) in [7, 11) is 0. The van der Waals surface area contributed by atoms with Gasteiger partial charge in [0.25, 0.3) is 5.91 Å². The van der Waals surface area contributed by atoms with Gasteiger partial charge in [-0.1, -0.05) is 49.4 Å². The van der Waals surface area contributed by atoms with Crippen LogP contribution in [0, 0.1) is 0 Å². The molecular formula is C21H22N2O2S. The molecule has 1 aromatic heterocycles. The second-order valence-corrected chi connectivity index (χ2v) is 6.72. The summed E-state index contributed by atoms with van der Waals surface area (Å²) in [6, 6.07) is 17.5. The van der Waals surface area contributed by atoms with Crippen LogP contribution in [0.4, 0.5) is 0 Å². The van der Waals surface area contributed by atoms with E-state index in [1.54, 1.807) is 17.4 Å². The lowest BCUT2D eigenvalue weighted by Gasteiger charge is -2.10. The van der Waals surface area contributed by atoms with E-state index in [4.69, 9.17) is 4.74 Å². The highest BCUT2D eigenvalue weighted by Gasteiger charge is 2.12. The molecule has 0 aliphatic rings. The van der Waals surface area contributed by atoms with Gasteiger partial charge in [-0.2, -0.15) is 0 Å². The summed E-state index contributed by atoms with van der Waals surface area (Å²) in [6.45, 7) is 3.19. The van der Waals surface area contributed by atoms with Crippen LogP contribution in [0.1, 0.15) is 29.4 Å². The normalized spacial score (nSPS) is 10.5. The van der Waals surface area contributed by atoms with Crippen LogP contribution in [0.3, 0.4) is 0 Å². The molecule has 0 aliphatic heterocycles. The molecule has 26 heavy (non-hydrogen) atoms. The fourth-order valence-electron chi connectivity index (χ4n) is 2.53. The molecule has 3 rings (SSSR count). The zero-order chi connectivity index (χ0) is 18.2. The number of rotatable bonds is 8. The Morgan fingerprint density at radius 2 is 1.88 bits per heavy atom. The van der Waals surface area contributed by atoms with Crippen LogP contribution in [-0.4, -0.2) is 24.0 Å². The van der Waals surface area contributed by atoms with Gasteiger partial charge in [-0.25, -0.2) is 4.98 Å². The number of benzene rings is 2. The van der Waals surface area contributed by atoms with E-state index in [2.05, 4.69) is 22.4 Å². The van der Waals surface area contributed by atoms with Gasteiger partial charge < -0.3 is 10.1 Å². The van der Waals surface area contributed by atoms with E-state index in [9.17, 15) is 4.79 Å². The van der Waals surface area contributed by atoms with Gasteiger partial charge in [0.2, 0.25) is 0 Å². The average molecular weight is 366 g/mol. The number of carbonyl (C=O) groups is 1. The van der Waals surface area contributed by atoms with Gasteiger partial charge in [0, 0.05) is 23.9 Å². The molecule has 4 nitrogen and oxygen atoms in total. The summed E-state index contributed by atoms with van der Waals surface area (Å²) >= 11 is 1.63. The minimum atomic E-state index is -0.116. The Balaban J connectivity index is 1.55. The number of hydrogen-bond acceptors (Lipinski definition) is 4. The number of ether oxygens (including phenoxy) is 1. The molecule has 0 fully saturated rings. The van der Waals surface area contributed by atoms with Gasteiger partial charge in [0.15, 0.2) is 0 Å². The summed E-state index contributed by atoms with van der Waals surface area (Å²) < 4.78 is 5.65. The number of nitrogens with one attached hydrogen (secondary N) is 1. The Kier molecular flexibility index (Phi) is 6.39. The van der Waals surface area contributed by atoms with E-state index in [0.29, 0.717) is 30.9 Å². The number of carbonyl (C=O) groups excluding carboxylic acids is 1. The molecule has 5 heteroatoms. The smallest absolute Gasteiger partial charge is 0.255 e. The summed E-state index contributed by atoms with van der Waals surface area (Å²) in [5.74, 6) is 0.516. The highest BCUT2D eigenvalue weighted by Crippen LogP contribution is 2.23. The molecule has 0 bridgehead atoms. The summed E-state index contributed by atoms with van der Waals surface area (Å²) in [4.78, 5) is 17.1. The number of thiazole rings is 1. The number of aromatic nitrogens is 1. The van der Waals surface area contributed by atoms with Crippen LogP contribution in [0.2, 0.25) is 0 Å².